The minimum atomic E-state index is -1.06. The molecule has 7 nitrogen and oxygen atoms in total. The number of methoxy groups -OCH3 is 1. The van der Waals surface area contributed by atoms with E-state index in [9.17, 15) is 14.7 Å². The summed E-state index contributed by atoms with van der Waals surface area (Å²) in [5, 5.41) is 14.2. The van der Waals surface area contributed by atoms with Crippen molar-refractivity contribution in [1.82, 2.24) is 14.7 Å². The molecule has 0 radical (unpaired) electrons. The normalized spacial score (nSPS) is 19.6. The number of aryl methyl sites for hydroxylation is 3. The third kappa shape index (κ3) is 3.80. The molecule has 150 valence electrons. The van der Waals surface area contributed by atoms with Crippen molar-refractivity contribution in [3.8, 4) is 5.69 Å². The van der Waals surface area contributed by atoms with Gasteiger partial charge in [0.05, 0.1) is 12.3 Å². The van der Waals surface area contributed by atoms with Crippen LogP contribution in [-0.2, 0) is 9.53 Å². The van der Waals surface area contributed by atoms with Crippen molar-refractivity contribution in [3.05, 3.63) is 46.8 Å². The van der Waals surface area contributed by atoms with E-state index in [1.54, 1.807) is 15.6 Å². The smallest absolute Gasteiger partial charge is 0.313 e. The lowest BCUT2D eigenvalue weighted by Crippen LogP contribution is -2.52. The Morgan fingerprint density at radius 3 is 2.46 bits per heavy atom. The van der Waals surface area contributed by atoms with Gasteiger partial charge >= 0.3 is 5.97 Å². The van der Waals surface area contributed by atoms with Crippen LogP contribution >= 0.6 is 0 Å². The van der Waals surface area contributed by atoms with Crippen molar-refractivity contribution in [1.29, 1.82) is 0 Å². The van der Waals surface area contributed by atoms with Crippen molar-refractivity contribution < 1.29 is 19.4 Å². The summed E-state index contributed by atoms with van der Waals surface area (Å²) >= 11 is 0. The lowest BCUT2D eigenvalue weighted by atomic mass is 9.80. The summed E-state index contributed by atoms with van der Waals surface area (Å²) in [5.74, 6) is -1.17. The summed E-state index contributed by atoms with van der Waals surface area (Å²) in [6.07, 6.45) is 1.12. The van der Waals surface area contributed by atoms with Gasteiger partial charge in [0.15, 0.2) is 5.69 Å². The standard InChI is InChI=1S/C21H27N3O4/c1-14-8-15(2)10-17(9-14)24-16(3)11-18(22-24)19(25)23-7-5-6-21(12-23,13-28-4)20(26)27/h8-11H,5-7,12-13H2,1-4H3,(H,26,27). The topological polar surface area (TPSA) is 84.7 Å². The Bertz CT molecular complexity index is 881. The van der Waals surface area contributed by atoms with E-state index in [0.717, 1.165) is 22.5 Å². The molecule has 1 aromatic heterocycles. The molecule has 1 aromatic carbocycles. The first-order chi connectivity index (χ1) is 13.3. The van der Waals surface area contributed by atoms with Gasteiger partial charge in [0.25, 0.3) is 5.91 Å². The summed E-state index contributed by atoms with van der Waals surface area (Å²) in [5.41, 5.74) is 3.28. The lowest BCUT2D eigenvalue weighted by Gasteiger charge is -2.39. The predicted molar refractivity (Wildman–Crippen MR) is 105 cm³/mol. The van der Waals surface area contributed by atoms with Crippen LogP contribution in [0.25, 0.3) is 5.69 Å². The van der Waals surface area contributed by atoms with E-state index in [1.807, 2.05) is 32.9 Å². The summed E-state index contributed by atoms with van der Waals surface area (Å²) in [6.45, 7) is 6.69. The van der Waals surface area contributed by atoms with Gasteiger partial charge < -0.3 is 14.7 Å². The van der Waals surface area contributed by atoms with Crippen molar-refractivity contribution >= 4 is 11.9 Å². The quantitative estimate of drug-likeness (QED) is 0.855. The summed E-state index contributed by atoms with van der Waals surface area (Å²) in [4.78, 5) is 26.5. The zero-order chi connectivity index (χ0) is 20.5. The maximum Gasteiger partial charge on any atom is 0.313 e. The molecule has 1 saturated heterocycles. The SMILES string of the molecule is COCC1(C(=O)O)CCCN(C(=O)c2cc(C)n(-c3cc(C)cc(C)c3)n2)C1. The van der Waals surface area contributed by atoms with Crippen molar-refractivity contribution in [3.63, 3.8) is 0 Å². The van der Waals surface area contributed by atoms with Crippen LogP contribution in [0.1, 0.15) is 40.2 Å². The predicted octanol–water partition coefficient (Wildman–Crippen LogP) is 2.75. The van der Waals surface area contributed by atoms with Crippen LogP contribution in [0.3, 0.4) is 0 Å². The summed E-state index contributed by atoms with van der Waals surface area (Å²) in [6, 6.07) is 7.89. The minimum absolute atomic E-state index is 0.0855. The first-order valence-corrected chi connectivity index (χ1v) is 9.43. The molecule has 7 heteroatoms. The first-order valence-electron chi connectivity index (χ1n) is 9.43. The highest BCUT2D eigenvalue weighted by molar-refractivity contribution is 5.93. The molecule has 1 aliphatic rings. The third-order valence-electron chi connectivity index (χ3n) is 5.30. The Hall–Kier alpha value is -2.67. The lowest BCUT2D eigenvalue weighted by molar-refractivity contribution is -0.155. The van der Waals surface area contributed by atoms with Gasteiger partial charge in [-0.1, -0.05) is 6.07 Å². The molecule has 0 saturated carbocycles. The summed E-state index contributed by atoms with van der Waals surface area (Å²) in [7, 11) is 1.49. The maximum atomic E-state index is 13.1. The summed E-state index contributed by atoms with van der Waals surface area (Å²) < 4.78 is 6.91. The highest BCUT2D eigenvalue weighted by Crippen LogP contribution is 2.31. The number of piperidine rings is 1. The van der Waals surface area contributed by atoms with E-state index < -0.39 is 11.4 Å². The van der Waals surface area contributed by atoms with Crippen LogP contribution in [-0.4, -0.2) is 58.5 Å². The minimum Gasteiger partial charge on any atom is -0.481 e. The van der Waals surface area contributed by atoms with E-state index in [0.29, 0.717) is 25.1 Å². The molecule has 3 rings (SSSR count). The molecule has 0 aliphatic carbocycles. The van der Waals surface area contributed by atoms with Crippen LogP contribution < -0.4 is 0 Å². The van der Waals surface area contributed by atoms with Gasteiger partial charge in [0.1, 0.15) is 5.41 Å². The molecule has 0 spiro atoms. The molecule has 2 heterocycles. The number of amides is 1. The molecular weight excluding hydrogens is 358 g/mol. The Morgan fingerprint density at radius 1 is 1.18 bits per heavy atom. The maximum absolute atomic E-state index is 13.1. The van der Waals surface area contributed by atoms with E-state index in [4.69, 9.17) is 4.74 Å². The number of benzene rings is 1. The Morgan fingerprint density at radius 2 is 1.86 bits per heavy atom. The van der Waals surface area contributed by atoms with Crippen molar-refractivity contribution in [2.75, 3.05) is 26.8 Å². The van der Waals surface area contributed by atoms with E-state index in [-0.39, 0.29) is 19.1 Å². The third-order valence-corrected chi connectivity index (χ3v) is 5.30. The fourth-order valence-electron chi connectivity index (χ4n) is 4.01. The number of carboxylic acids is 1. The van der Waals surface area contributed by atoms with Gasteiger partial charge in [-0.25, -0.2) is 4.68 Å². The van der Waals surface area contributed by atoms with Crippen LogP contribution in [0.15, 0.2) is 24.3 Å². The number of rotatable bonds is 5. The van der Waals surface area contributed by atoms with E-state index in [1.165, 1.54) is 7.11 Å². The van der Waals surface area contributed by atoms with Crippen LogP contribution in [0.5, 0.6) is 0 Å². The Labute approximate surface area is 164 Å². The Balaban J connectivity index is 1.88. The first kappa shape index (κ1) is 20.1. The van der Waals surface area contributed by atoms with Crippen LogP contribution in [0, 0.1) is 26.2 Å². The van der Waals surface area contributed by atoms with Gasteiger partial charge in [0.2, 0.25) is 0 Å². The van der Waals surface area contributed by atoms with Gasteiger partial charge in [-0.2, -0.15) is 5.10 Å². The highest BCUT2D eigenvalue weighted by Gasteiger charge is 2.44. The van der Waals surface area contributed by atoms with Gasteiger partial charge in [0, 0.05) is 25.9 Å². The molecule has 0 bridgehead atoms. The molecular formula is C21H27N3O4. The molecule has 1 aliphatic heterocycles. The average Bonchev–Trinajstić information content (AvgIpc) is 3.02. The number of carbonyl (C=O) groups excluding carboxylic acids is 1. The van der Waals surface area contributed by atoms with Crippen LogP contribution in [0.2, 0.25) is 0 Å². The number of hydrogen-bond donors (Lipinski definition) is 1. The number of nitrogens with zero attached hydrogens (tertiary/aromatic N) is 3. The molecule has 1 atom stereocenters. The van der Waals surface area contributed by atoms with E-state index >= 15 is 0 Å². The van der Waals surface area contributed by atoms with Gasteiger partial charge in [-0.3, -0.25) is 9.59 Å². The van der Waals surface area contributed by atoms with Crippen molar-refractivity contribution in [2.24, 2.45) is 5.41 Å². The number of carboxylic acid groups (broad SMARTS) is 1. The molecule has 28 heavy (non-hydrogen) atoms. The average molecular weight is 385 g/mol. The molecule has 2 aromatic rings. The molecule has 1 amide bonds. The molecule has 1 unspecified atom stereocenters. The van der Waals surface area contributed by atoms with Gasteiger partial charge in [-0.05, 0) is 62.9 Å². The molecule has 1 N–H and O–H groups in total. The number of carbonyl (C=O) groups is 2. The highest BCUT2D eigenvalue weighted by atomic mass is 16.5. The number of aromatic nitrogens is 2. The monoisotopic (exact) mass is 385 g/mol. The number of aliphatic carboxylic acids is 1. The number of likely N-dealkylation sites (tertiary alicyclic amines) is 1. The second-order valence-electron chi connectivity index (χ2n) is 7.78. The fraction of sp³-hybridized carbons (Fsp3) is 0.476. The van der Waals surface area contributed by atoms with Gasteiger partial charge in [-0.15, -0.1) is 0 Å². The zero-order valence-electron chi connectivity index (χ0n) is 16.9. The van der Waals surface area contributed by atoms with E-state index in [2.05, 4.69) is 11.2 Å². The fourth-order valence-corrected chi connectivity index (χ4v) is 4.01. The second-order valence-corrected chi connectivity index (χ2v) is 7.78. The Kier molecular flexibility index (Phi) is 5.56. The number of ether oxygens (including phenoxy) is 1. The van der Waals surface area contributed by atoms with Crippen molar-refractivity contribution in [2.45, 2.75) is 33.6 Å². The largest absolute Gasteiger partial charge is 0.481 e. The second kappa shape index (κ2) is 7.75. The number of hydrogen-bond acceptors (Lipinski definition) is 4. The zero-order valence-corrected chi connectivity index (χ0v) is 16.9. The molecule has 1 fully saturated rings. The van der Waals surface area contributed by atoms with Crippen LogP contribution in [0.4, 0.5) is 0 Å².